The number of hydrogen-bond donors (Lipinski definition) is 0. The number of hydrogen-bond acceptors (Lipinski definition) is 2. The Bertz CT molecular complexity index is 157. The van der Waals surface area contributed by atoms with Crippen LogP contribution in [-0.2, 0) is 8.23 Å². The van der Waals surface area contributed by atoms with Crippen molar-refractivity contribution in [2.24, 2.45) is 0 Å². The average molecular weight is 265 g/mol. The molecule has 0 bridgehead atoms. The van der Waals surface area contributed by atoms with Gasteiger partial charge in [-0.15, -0.1) is 0 Å². The highest BCUT2D eigenvalue weighted by atomic mass is 28.5. The van der Waals surface area contributed by atoms with E-state index in [0.717, 1.165) is 0 Å². The van der Waals surface area contributed by atoms with Crippen molar-refractivity contribution in [2.75, 3.05) is 0 Å². The SMILES string of the molecule is CCC[SiH](CCC)O[Si](C)(C)O[SiH](C)C. The molecule has 0 heterocycles. The zero-order valence-corrected chi connectivity index (χ0v) is 14.6. The molecule has 0 saturated heterocycles. The van der Waals surface area contributed by atoms with Crippen molar-refractivity contribution in [3.63, 3.8) is 0 Å². The van der Waals surface area contributed by atoms with Crippen LogP contribution in [0.3, 0.4) is 0 Å². The molecule has 0 atom stereocenters. The predicted molar refractivity (Wildman–Crippen MR) is 75.9 cm³/mol. The van der Waals surface area contributed by atoms with Crippen LogP contribution >= 0.6 is 0 Å². The first-order valence-corrected chi connectivity index (χ1v) is 14.0. The smallest absolute Gasteiger partial charge is 0.310 e. The third kappa shape index (κ3) is 8.39. The standard InChI is InChI=1S/C10H28O2Si3/c1-7-9-14(10-8-2)12-15(5,6)11-13(3)4/h13-14H,7-10H2,1-6H3. The van der Waals surface area contributed by atoms with E-state index in [1.165, 1.54) is 24.9 Å². The summed E-state index contributed by atoms with van der Waals surface area (Å²) in [5.41, 5.74) is 0. The molecule has 0 aliphatic heterocycles. The third-order valence-electron chi connectivity index (χ3n) is 2.19. The van der Waals surface area contributed by atoms with Crippen LogP contribution in [0.15, 0.2) is 0 Å². The van der Waals surface area contributed by atoms with Gasteiger partial charge in [-0.05, 0) is 38.3 Å². The molecule has 0 spiro atoms. The van der Waals surface area contributed by atoms with Crippen LogP contribution in [0, 0.1) is 0 Å². The Kier molecular flexibility index (Phi) is 8.08. The maximum absolute atomic E-state index is 6.32. The second kappa shape index (κ2) is 7.78. The molecule has 0 aliphatic carbocycles. The molecule has 0 aliphatic rings. The summed E-state index contributed by atoms with van der Waals surface area (Å²) < 4.78 is 12.4. The summed E-state index contributed by atoms with van der Waals surface area (Å²) in [5, 5.41) is 0. The minimum atomic E-state index is -1.78. The van der Waals surface area contributed by atoms with E-state index in [0.29, 0.717) is 0 Å². The van der Waals surface area contributed by atoms with Crippen LogP contribution in [0.25, 0.3) is 0 Å². The highest BCUT2D eigenvalue weighted by molar-refractivity contribution is 6.78. The van der Waals surface area contributed by atoms with Crippen molar-refractivity contribution in [2.45, 2.75) is 65.0 Å². The molecule has 0 saturated carbocycles. The van der Waals surface area contributed by atoms with Gasteiger partial charge in [0.05, 0.1) is 0 Å². The molecule has 5 heteroatoms. The van der Waals surface area contributed by atoms with Gasteiger partial charge in [-0.3, -0.25) is 0 Å². The van der Waals surface area contributed by atoms with Crippen LogP contribution < -0.4 is 0 Å². The molecular weight excluding hydrogens is 236 g/mol. The van der Waals surface area contributed by atoms with Gasteiger partial charge in [-0.1, -0.05) is 26.7 Å². The maximum atomic E-state index is 6.32. The molecule has 0 rings (SSSR count). The zero-order chi connectivity index (χ0) is 11.9. The fraction of sp³-hybridized carbons (Fsp3) is 1.00. The van der Waals surface area contributed by atoms with E-state index in [2.05, 4.69) is 40.0 Å². The van der Waals surface area contributed by atoms with Crippen molar-refractivity contribution >= 4 is 26.6 Å². The second-order valence-corrected chi connectivity index (χ2v) is 14.1. The Balaban J connectivity index is 4.11. The van der Waals surface area contributed by atoms with E-state index in [1.54, 1.807) is 0 Å². The van der Waals surface area contributed by atoms with Crippen molar-refractivity contribution in [1.82, 2.24) is 0 Å². The van der Waals surface area contributed by atoms with E-state index in [4.69, 9.17) is 8.23 Å². The summed E-state index contributed by atoms with van der Waals surface area (Å²) >= 11 is 0. The first kappa shape index (κ1) is 15.6. The summed E-state index contributed by atoms with van der Waals surface area (Å²) in [4.78, 5) is 0. The van der Waals surface area contributed by atoms with E-state index < -0.39 is 26.6 Å². The predicted octanol–water partition coefficient (Wildman–Crippen LogP) is 3.25. The Morgan fingerprint density at radius 2 is 1.40 bits per heavy atom. The van der Waals surface area contributed by atoms with Gasteiger partial charge in [-0.2, -0.15) is 0 Å². The monoisotopic (exact) mass is 264 g/mol. The van der Waals surface area contributed by atoms with Crippen molar-refractivity contribution in [1.29, 1.82) is 0 Å². The Morgan fingerprint density at radius 3 is 1.73 bits per heavy atom. The highest BCUT2D eigenvalue weighted by Crippen LogP contribution is 2.16. The minimum Gasteiger partial charge on any atom is -0.440 e. The topological polar surface area (TPSA) is 18.5 Å². The molecule has 0 fully saturated rings. The van der Waals surface area contributed by atoms with Crippen molar-refractivity contribution < 1.29 is 8.23 Å². The van der Waals surface area contributed by atoms with Crippen molar-refractivity contribution in [3.05, 3.63) is 0 Å². The van der Waals surface area contributed by atoms with Crippen LogP contribution in [-0.4, -0.2) is 26.6 Å². The van der Waals surface area contributed by atoms with Gasteiger partial charge in [0.1, 0.15) is 0 Å². The summed E-state index contributed by atoms with van der Waals surface area (Å²) in [6.45, 7) is 13.4. The lowest BCUT2D eigenvalue weighted by molar-refractivity contribution is 0.407. The molecule has 0 N–H and O–H groups in total. The lowest BCUT2D eigenvalue weighted by Crippen LogP contribution is -2.43. The molecule has 15 heavy (non-hydrogen) atoms. The van der Waals surface area contributed by atoms with E-state index in [-0.39, 0.29) is 0 Å². The Hall–Kier alpha value is 0.571. The molecule has 0 aromatic carbocycles. The second-order valence-electron chi connectivity index (χ2n) is 4.88. The first-order chi connectivity index (χ1) is 6.91. The molecular formula is C10H28O2Si3. The number of rotatable bonds is 8. The third-order valence-corrected chi connectivity index (χ3v) is 12.4. The molecule has 92 valence electrons. The van der Waals surface area contributed by atoms with Crippen LogP contribution in [0.1, 0.15) is 26.7 Å². The summed E-state index contributed by atoms with van der Waals surface area (Å²) in [6.07, 6.45) is 2.53. The van der Waals surface area contributed by atoms with Gasteiger partial charge in [0.15, 0.2) is 18.1 Å². The Morgan fingerprint density at radius 1 is 0.933 bits per heavy atom. The normalized spacial score (nSPS) is 12.8. The molecule has 0 amide bonds. The molecule has 0 aromatic rings. The molecule has 0 radical (unpaired) electrons. The van der Waals surface area contributed by atoms with Crippen molar-refractivity contribution in [3.8, 4) is 0 Å². The fourth-order valence-electron chi connectivity index (χ4n) is 1.90. The first-order valence-electron chi connectivity index (χ1n) is 6.27. The summed E-state index contributed by atoms with van der Waals surface area (Å²) in [7, 11) is -3.67. The quantitative estimate of drug-likeness (QED) is 0.627. The summed E-state index contributed by atoms with van der Waals surface area (Å²) in [6, 6.07) is 2.63. The maximum Gasteiger partial charge on any atom is 0.310 e. The lowest BCUT2D eigenvalue weighted by atomic mass is 10.6. The average Bonchev–Trinajstić information content (AvgIpc) is 2.01. The van der Waals surface area contributed by atoms with Gasteiger partial charge in [0.25, 0.3) is 0 Å². The van der Waals surface area contributed by atoms with Gasteiger partial charge < -0.3 is 8.23 Å². The van der Waals surface area contributed by atoms with E-state index in [1.807, 2.05) is 0 Å². The van der Waals surface area contributed by atoms with E-state index in [9.17, 15) is 0 Å². The molecule has 2 nitrogen and oxygen atoms in total. The molecule has 0 aromatic heterocycles. The lowest BCUT2D eigenvalue weighted by Gasteiger charge is -2.30. The molecule has 0 unspecified atom stereocenters. The Labute approximate surface area is 100 Å². The van der Waals surface area contributed by atoms with Gasteiger partial charge in [-0.25, -0.2) is 0 Å². The zero-order valence-electron chi connectivity index (χ0n) is 11.3. The minimum absolute atomic E-state index is 0.935. The van der Waals surface area contributed by atoms with Crippen LogP contribution in [0.4, 0.5) is 0 Å². The van der Waals surface area contributed by atoms with Crippen LogP contribution in [0.2, 0.25) is 38.3 Å². The highest BCUT2D eigenvalue weighted by Gasteiger charge is 2.29. The van der Waals surface area contributed by atoms with Gasteiger partial charge in [0, 0.05) is 0 Å². The van der Waals surface area contributed by atoms with E-state index >= 15 is 0 Å². The summed E-state index contributed by atoms with van der Waals surface area (Å²) in [5.74, 6) is 0. The van der Waals surface area contributed by atoms with Crippen LogP contribution in [0.5, 0.6) is 0 Å². The van der Waals surface area contributed by atoms with Gasteiger partial charge in [0.2, 0.25) is 0 Å². The fourth-order valence-corrected chi connectivity index (χ4v) is 12.9. The largest absolute Gasteiger partial charge is 0.440 e. The van der Waals surface area contributed by atoms with Gasteiger partial charge >= 0.3 is 8.56 Å².